The van der Waals surface area contributed by atoms with E-state index >= 15 is 0 Å². The minimum atomic E-state index is 0.955. The fraction of sp³-hybridized carbons (Fsp3) is 0.385. The average Bonchev–Trinajstić information content (AvgIpc) is 2.29. The summed E-state index contributed by atoms with van der Waals surface area (Å²) in [7, 11) is 0. The van der Waals surface area contributed by atoms with Crippen molar-refractivity contribution in [2.75, 3.05) is 6.54 Å². The summed E-state index contributed by atoms with van der Waals surface area (Å²) < 4.78 is 0. The third-order valence-electron chi connectivity index (χ3n) is 2.54. The third-order valence-corrected chi connectivity index (χ3v) is 2.54. The van der Waals surface area contributed by atoms with Crippen LogP contribution in [0.25, 0.3) is 6.08 Å². The molecule has 0 saturated carbocycles. The van der Waals surface area contributed by atoms with Crippen LogP contribution in [-0.2, 0) is 0 Å². The molecule has 0 unspecified atom stereocenters. The minimum Gasteiger partial charge on any atom is -0.380 e. The first-order valence-electron chi connectivity index (χ1n) is 5.62. The van der Waals surface area contributed by atoms with Crippen LogP contribution < -0.4 is 4.84 Å². The Balaban J connectivity index is 1.94. The number of nitrogens with zero attached hydrogens (tertiary/aromatic N) is 1. The van der Waals surface area contributed by atoms with Crippen molar-refractivity contribution in [1.82, 2.24) is 5.06 Å². The largest absolute Gasteiger partial charge is 0.380 e. The summed E-state index contributed by atoms with van der Waals surface area (Å²) in [5.74, 6) is 0.955. The summed E-state index contributed by atoms with van der Waals surface area (Å²) in [5.41, 5.74) is 1.16. The second-order valence-corrected chi connectivity index (χ2v) is 3.79. The van der Waals surface area contributed by atoms with Gasteiger partial charge in [0.1, 0.15) is 0 Å². The number of hydrogen-bond donors (Lipinski definition) is 0. The van der Waals surface area contributed by atoms with E-state index in [0.29, 0.717) is 0 Å². The maximum absolute atomic E-state index is 5.73. The summed E-state index contributed by atoms with van der Waals surface area (Å²) in [6.45, 7) is 3.18. The van der Waals surface area contributed by atoms with Crippen LogP contribution in [0.2, 0.25) is 0 Å². The molecular formula is C13H17NO. The molecule has 0 radical (unpaired) electrons. The normalized spacial score (nSPS) is 13.5. The van der Waals surface area contributed by atoms with E-state index in [0.717, 1.165) is 17.9 Å². The Hall–Kier alpha value is -1.44. The fourth-order valence-corrected chi connectivity index (χ4v) is 1.66. The van der Waals surface area contributed by atoms with Crippen molar-refractivity contribution in [2.24, 2.45) is 0 Å². The van der Waals surface area contributed by atoms with Crippen LogP contribution in [0.1, 0.15) is 31.7 Å². The van der Waals surface area contributed by atoms with Gasteiger partial charge in [0.2, 0.25) is 0 Å². The molecule has 0 spiro atoms. The second-order valence-electron chi connectivity index (χ2n) is 3.79. The highest BCUT2D eigenvalue weighted by Crippen LogP contribution is 2.24. The highest BCUT2D eigenvalue weighted by Gasteiger charge is 2.09. The van der Waals surface area contributed by atoms with Crippen LogP contribution in [0.15, 0.2) is 30.5 Å². The van der Waals surface area contributed by atoms with Gasteiger partial charge in [-0.05, 0) is 18.6 Å². The lowest BCUT2D eigenvalue weighted by Gasteiger charge is -2.24. The predicted octanol–water partition coefficient (Wildman–Crippen LogP) is 3.46. The van der Waals surface area contributed by atoms with Crippen molar-refractivity contribution >= 4 is 6.08 Å². The molecule has 0 fully saturated rings. The molecule has 0 bridgehead atoms. The number of unbranched alkanes of at least 4 members (excludes halogenated alkanes) is 2. The third kappa shape index (κ3) is 2.52. The van der Waals surface area contributed by atoms with E-state index in [2.05, 4.69) is 19.1 Å². The van der Waals surface area contributed by atoms with Gasteiger partial charge in [-0.15, -0.1) is 0 Å². The molecule has 1 aromatic carbocycles. The molecule has 0 amide bonds. The Morgan fingerprint density at radius 2 is 2.07 bits per heavy atom. The molecular weight excluding hydrogens is 186 g/mol. The molecule has 80 valence electrons. The number of benzene rings is 1. The molecule has 1 aliphatic rings. The molecule has 2 rings (SSSR count). The van der Waals surface area contributed by atoms with E-state index in [9.17, 15) is 0 Å². The van der Waals surface area contributed by atoms with Crippen LogP contribution in [0.4, 0.5) is 0 Å². The molecule has 0 N–H and O–H groups in total. The lowest BCUT2D eigenvalue weighted by Crippen LogP contribution is -2.24. The molecule has 0 aliphatic carbocycles. The SMILES string of the molecule is CCCCCN1C=Cc2ccccc2O1. The zero-order valence-corrected chi connectivity index (χ0v) is 9.15. The summed E-state index contributed by atoms with van der Waals surface area (Å²) in [5, 5.41) is 1.91. The molecule has 1 aliphatic heterocycles. The summed E-state index contributed by atoms with van der Waals surface area (Å²) in [6.07, 6.45) is 7.80. The van der Waals surface area contributed by atoms with Gasteiger partial charge in [-0.25, -0.2) is 5.06 Å². The van der Waals surface area contributed by atoms with E-state index in [1.54, 1.807) is 0 Å². The van der Waals surface area contributed by atoms with Crippen molar-refractivity contribution in [3.05, 3.63) is 36.0 Å². The number of fused-ring (bicyclic) bond motifs is 1. The molecule has 1 heterocycles. The van der Waals surface area contributed by atoms with Gasteiger partial charge in [-0.3, -0.25) is 0 Å². The van der Waals surface area contributed by atoms with Crippen LogP contribution in [0.3, 0.4) is 0 Å². The van der Waals surface area contributed by atoms with Gasteiger partial charge in [0, 0.05) is 11.8 Å². The maximum atomic E-state index is 5.73. The number of hydroxylamine groups is 2. The smallest absolute Gasteiger partial charge is 0.162 e. The van der Waals surface area contributed by atoms with E-state index < -0.39 is 0 Å². The van der Waals surface area contributed by atoms with Crippen molar-refractivity contribution < 1.29 is 4.84 Å². The van der Waals surface area contributed by atoms with Gasteiger partial charge < -0.3 is 4.84 Å². The Morgan fingerprint density at radius 3 is 2.93 bits per heavy atom. The van der Waals surface area contributed by atoms with Crippen LogP contribution in [0.5, 0.6) is 5.75 Å². The average molecular weight is 203 g/mol. The topological polar surface area (TPSA) is 12.5 Å². The Kier molecular flexibility index (Phi) is 3.28. The number of hydrogen-bond acceptors (Lipinski definition) is 2. The molecule has 0 saturated heterocycles. The zero-order valence-electron chi connectivity index (χ0n) is 9.15. The van der Waals surface area contributed by atoms with Gasteiger partial charge in [0.25, 0.3) is 0 Å². The van der Waals surface area contributed by atoms with Crippen LogP contribution in [-0.4, -0.2) is 11.6 Å². The Labute approximate surface area is 91.1 Å². The molecule has 0 atom stereocenters. The monoisotopic (exact) mass is 203 g/mol. The zero-order chi connectivity index (χ0) is 10.5. The van der Waals surface area contributed by atoms with Crippen LogP contribution in [0, 0.1) is 0 Å². The first kappa shape index (κ1) is 10.1. The number of rotatable bonds is 4. The molecule has 0 aromatic heterocycles. The van der Waals surface area contributed by atoms with E-state index in [4.69, 9.17) is 4.84 Å². The first-order chi connectivity index (χ1) is 7.40. The number of para-hydroxylation sites is 1. The first-order valence-corrected chi connectivity index (χ1v) is 5.62. The Morgan fingerprint density at radius 1 is 1.20 bits per heavy atom. The summed E-state index contributed by atoms with van der Waals surface area (Å²) >= 11 is 0. The minimum absolute atomic E-state index is 0.955. The fourth-order valence-electron chi connectivity index (χ4n) is 1.66. The van der Waals surface area contributed by atoms with Crippen LogP contribution >= 0.6 is 0 Å². The molecule has 15 heavy (non-hydrogen) atoms. The highest BCUT2D eigenvalue weighted by atomic mass is 16.7. The van der Waals surface area contributed by atoms with E-state index in [1.807, 2.05) is 29.5 Å². The molecule has 2 nitrogen and oxygen atoms in total. The Bertz CT molecular complexity index is 346. The van der Waals surface area contributed by atoms with Crippen molar-refractivity contribution in [3.63, 3.8) is 0 Å². The van der Waals surface area contributed by atoms with Crippen molar-refractivity contribution in [2.45, 2.75) is 26.2 Å². The second kappa shape index (κ2) is 4.87. The summed E-state index contributed by atoms with van der Waals surface area (Å²) in [4.78, 5) is 5.73. The van der Waals surface area contributed by atoms with Crippen molar-refractivity contribution in [1.29, 1.82) is 0 Å². The highest BCUT2D eigenvalue weighted by molar-refractivity contribution is 5.58. The molecule has 2 heteroatoms. The summed E-state index contributed by atoms with van der Waals surface area (Å²) in [6, 6.07) is 8.10. The van der Waals surface area contributed by atoms with Gasteiger partial charge in [0.15, 0.2) is 5.75 Å². The van der Waals surface area contributed by atoms with Gasteiger partial charge in [-0.2, -0.15) is 0 Å². The van der Waals surface area contributed by atoms with E-state index in [-0.39, 0.29) is 0 Å². The predicted molar refractivity (Wildman–Crippen MR) is 62.3 cm³/mol. The standard InChI is InChI=1S/C13H17NO/c1-2-3-6-10-14-11-9-12-7-4-5-8-13(12)15-14/h4-5,7-9,11H,2-3,6,10H2,1H3. The lowest BCUT2D eigenvalue weighted by molar-refractivity contribution is -0.0109. The van der Waals surface area contributed by atoms with Gasteiger partial charge >= 0.3 is 0 Å². The van der Waals surface area contributed by atoms with Gasteiger partial charge in [-0.1, -0.05) is 38.0 Å². The quantitative estimate of drug-likeness (QED) is 0.695. The lowest BCUT2D eigenvalue weighted by atomic mass is 10.2. The maximum Gasteiger partial charge on any atom is 0.162 e. The van der Waals surface area contributed by atoms with E-state index in [1.165, 1.54) is 19.3 Å². The molecule has 1 aromatic rings. The van der Waals surface area contributed by atoms with Crippen molar-refractivity contribution in [3.8, 4) is 5.75 Å². The van der Waals surface area contributed by atoms with Gasteiger partial charge in [0.05, 0.1) is 6.54 Å².